The first kappa shape index (κ1) is 9.44. The zero-order valence-electron chi connectivity index (χ0n) is 6.69. The fraction of sp³-hybridized carbons (Fsp3) is 0.375. The van der Waals surface area contributed by atoms with Crippen LogP contribution in [0.25, 0.3) is 0 Å². The molecule has 13 heavy (non-hydrogen) atoms. The zero-order valence-corrected chi connectivity index (χ0v) is 6.69. The van der Waals surface area contributed by atoms with Gasteiger partial charge in [0.15, 0.2) is 0 Å². The first-order valence-electron chi connectivity index (χ1n) is 3.62. The summed E-state index contributed by atoms with van der Waals surface area (Å²) in [5.41, 5.74) is 0.627. The van der Waals surface area contributed by atoms with Gasteiger partial charge in [-0.05, 0) is 6.42 Å². The fourth-order valence-electron chi connectivity index (χ4n) is 1.18. The second-order valence-electron chi connectivity index (χ2n) is 2.95. The van der Waals surface area contributed by atoms with Gasteiger partial charge in [0.25, 0.3) is 5.78 Å². The summed E-state index contributed by atoms with van der Waals surface area (Å²) < 4.78 is 0. The van der Waals surface area contributed by atoms with E-state index in [9.17, 15) is 14.4 Å². The van der Waals surface area contributed by atoms with Crippen molar-refractivity contribution in [2.45, 2.75) is 6.42 Å². The molecule has 1 aliphatic rings. The van der Waals surface area contributed by atoms with Crippen molar-refractivity contribution in [3.05, 3.63) is 12.2 Å². The molecule has 0 spiro atoms. The maximum absolute atomic E-state index is 10.9. The van der Waals surface area contributed by atoms with Crippen LogP contribution in [-0.4, -0.2) is 27.9 Å². The summed E-state index contributed by atoms with van der Waals surface area (Å²) in [5.74, 6) is -6.30. The highest BCUT2D eigenvalue weighted by Gasteiger charge is 2.46. The van der Waals surface area contributed by atoms with Crippen molar-refractivity contribution in [3.63, 3.8) is 0 Å². The van der Waals surface area contributed by atoms with Crippen LogP contribution in [-0.2, 0) is 14.4 Å². The molecule has 1 rings (SSSR count). The minimum absolute atomic E-state index is 0.427. The molecule has 0 aromatic heterocycles. The number of carboxylic acids is 2. The molecule has 0 bridgehead atoms. The molecule has 1 aliphatic carbocycles. The molecule has 2 atom stereocenters. The molecule has 2 N–H and O–H groups in total. The number of carboxylic acid groups (broad SMARTS) is 2. The van der Waals surface area contributed by atoms with Gasteiger partial charge in [-0.25, -0.2) is 4.79 Å². The Morgan fingerprint density at radius 3 is 2.08 bits per heavy atom. The van der Waals surface area contributed by atoms with Crippen LogP contribution in [0.15, 0.2) is 12.2 Å². The number of Topliss-reactive ketones (excluding diaryl/α,β-unsaturated/α-hetero) is 1. The van der Waals surface area contributed by atoms with E-state index in [-0.39, 0.29) is 0 Å². The van der Waals surface area contributed by atoms with Crippen LogP contribution in [0, 0.1) is 11.8 Å². The van der Waals surface area contributed by atoms with Gasteiger partial charge in [0.05, 0.1) is 0 Å². The van der Waals surface area contributed by atoms with Gasteiger partial charge in [0, 0.05) is 5.92 Å². The van der Waals surface area contributed by atoms with Crippen molar-refractivity contribution in [2.24, 2.45) is 11.8 Å². The topological polar surface area (TPSA) is 91.7 Å². The normalized spacial score (nSPS) is 22.2. The lowest BCUT2D eigenvalue weighted by molar-refractivity contribution is -0.157. The Hall–Kier alpha value is -1.65. The minimum atomic E-state index is -1.70. The number of ketones is 1. The van der Waals surface area contributed by atoms with E-state index in [1.165, 1.54) is 0 Å². The van der Waals surface area contributed by atoms with E-state index in [4.69, 9.17) is 10.2 Å². The molecule has 0 aromatic carbocycles. The molecule has 5 nitrogen and oxygen atoms in total. The van der Waals surface area contributed by atoms with Crippen molar-refractivity contribution in [1.29, 1.82) is 0 Å². The van der Waals surface area contributed by atoms with Crippen molar-refractivity contribution in [2.75, 3.05) is 0 Å². The second-order valence-corrected chi connectivity index (χ2v) is 2.95. The van der Waals surface area contributed by atoms with Gasteiger partial charge in [0.2, 0.25) is 0 Å². The monoisotopic (exact) mass is 184 g/mol. The number of carbonyl (C=O) groups excluding carboxylic acids is 1. The summed E-state index contributed by atoms with van der Waals surface area (Å²) in [6.45, 7) is 3.48. The predicted molar refractivity (Wildman–Crippen MR) is 41.0 cm³/mol. The Labute approximate surface area is 73.7 Å². The van der Waals surface area contributed by atoms with Crippen LogP contribution in [0.4, 0.5) is 0 Å². The number of carbonyl (C=O) groups is 3. The quantitative estimate of drug-likeness (QED) is 0.362. The SMILES string of the molecule is C=C1CC1C(C(=O)O)C(=O)C(=O)O. The summed E-state index contributed by atoms with van der Waals surface area (Å²) in [7, 11) is 0. The van der Waals surface area contributed by atoms with Crippen molar-refractivity contribution < 1.29 is 24.6 Å². The number of allylic oxidation sites excluding steroid dienone is 1. The molecule has 0 aliphatic heterocycles. The Morgan fingerprint density at radius 1 is 1.38 bits per heavy atom. The summed E-state index contributed by atoms with van der Waals surface area (Å²) in [6, 6.07) is 0. The van der Waals surface area contributed by atoms with Gasteiger partial charge in [-0.15, -0.1) is 0 Å². The second kappa shape index (κ2) is 3.01. The van der Waals surface area contributed by atoms with E-state index in [2.05, 4.69) is 6.58 Å². The Balaban J connectivity index is 2.80. The van der Waals surface area contributed by atoms with Crippen LogP contribution in [0.1, 0.15) is 6.42 Å². The Bertz CT molecular complexity index is 304. The average Bonchev–Trinajstić information content (AvgIpc) is 2.66. The van der Waals surface area contributed by atoms with Crippen molar-refractivity contribution in [3.8, 4) is 0 Å². The van der Waals surface area contributed by atoms with E-state index >= 15 is 0 Å². The van der Waals surface area contributed by atoms with Crippen LogP contribution < -0.4 is 0 Å². The number of rotatable bonds is 4. The molecule has 0 amide bonds. The maximum Gasteiger partial charge on any atom is 0.373 e. The highest BCUT2D eigenvalue weighted by molar-refractivity contribution is 6.37. The van der Waals surface area contributed by atoms with Crippen molar-refractivity contribution in [1.82, 2.24) is 0 Å². The molecule has 5 heteroatoms. The summed E-state index contributed by atoms with van der Waals surface area (Å²) in [5, 5.41) is 16.9. The number of hydrogen-bond acceptors (Lipinski definition) is 3. The van der Waals surface area contributed by atoms with Gasteiger partial charge >= 0.3 is 11.9 Å². The number of hydrogen-bond donors (Lipinski definition) is 2. The van der Waals surface area contributed by atoms with E-state index in [1.807, 2.05) is 0 Å². The summed E-state index contributed by atoms with van der Waals surface area (Å²) in [4.78, 5) is 31.7. The molecule has 70 valence electrons. The third-order valence-corrected chi connectivity index (χ3v) is 2.01. The van der Waals surface area contributed by atoms with Crippen molar-refractivity contribution >= 4 is 17.7 Å². The lowest BCUT2D eigenvalue weighted by Gasteiger charge is -2.04. The van der Waals surface area contributed by atoms with Gasteiger partial charge in [0.1, 0.15) is 5.92 Å². The van der Waals surface area contributed by atoms with E-state index in [1.54, 1.807) is 0 Å². The van der Waals surface area contributed by atoms with Crippen LogP contribution in [0.2, 0.25) is 0 Å². The third kappa shape index (κ3) is 1.74. The molecule has 0 heterocycles. The highest BCUT2D eigenvalue weighted by atomic mass is 16.4. The molecule has 2 unspecified atom stereocenters. The molecule has 0 saturated heterocycles. The van der Waals surface area contributed by atoms with Crippen LogP contribution >= 0.6 is 0 Å². The zero-order chi connectivity index (χ0) is 10.2. The smallest absolute Gasteiger partial charge is 0.373 e. The summed E-state index contributed by atoms with van der Waals surface area (Å²) >= 11 is 0. The van der Waals surface area contributed by atoms with Crippen LogP contribution in [0.3, 0.4) is 0 Å². The molecule has 1 saturated carbocycles. The van der Waals surface area contributed by atoms with E-state index in [0.29, 0.717) is 12.0 Å². The molecular weight excluding hydrogens is 176 g/mol. The highest BCUT2D eigenvalue weighted by Crippen LogP contribution is 2.42. The first-order valence-corrected chi connectivity index (χ1v) is 3.62. The number of aliphatic carboxylic acids is 2. The Morgan fingerprint density at radius 2 is 1.85 bits per heavy atom. The van der Waals surface area contributed by atoms with Gasteiger partial charge in [-0.2, -0.15) is 0 Å². The van der Waals surface area contributed by atoms with Crippen LogP contribution in [0.5, 0.6) is 0 Å². The Kier molecular flexibility index (Phi) is 2.18. The molecule has 0 radical (unpaired) electrons. The molecule has 0 aromatic rings. The lowest BCUT2D eigenvalue weighted by Crippen LogP contribution is -2.31. The molecular formula is C8H8O5. The third-order valence-electron chi connectivity index (χ3n) is 2.01. The molecule has 1 fully saturated rings. The van der Waals surface area contributed by atoms with E-state index in [0.717, 1.165) is 0 Å². The van der Waals surface area contributed by atoms with Gasteiger partial charge in [-0.1, -0.05) is 12.2 Å². The van der Waals surface area contributed by atoms with E-state index < -0.39 is 29.6 Å². The maximum atomic E-state index is 10.9. The average molecular weight is 184 g/mol. The predicted octanol–water partition coefficient (Wildman–Crippen LogP) is -0.0830. The summed E-state index contributed by atoms with van der Waals surface area (Å²) in [6.07, 6.45) is 0.427. The largest absolute Gasteiger partial charge is 0.481 e. The minimum Gasteiger partial charge on any atom is -0.481 e. The fourth-order valence-corrected chi connectivity index (χ4v) is 1.18. The first-order chi connectivity index (χ1) is 5.95. The van der Waals surface area contributed by atoms with Gasteiger partial charge in [-0.3, -0.25) is 9.59 Å². The van der Waals surface area contributed by atoms with Gasteiger partial charge < -0.3 is 10.2 Å². The standard InChI is InChI=1S/C8H8O5/c1-3-2-4(3)5(7(10)11)6(9)8(12)13/h4-5H,1-2H2,(H,10,11)(H,12,13). The lowest BCUT2D eigenvalue weighted by atomic mass is 9.98.